The summed E-state index contributed by atoms with van der Waals surface area (Å²) in [6.07, 6.45) is 0. The minimum atomic E-state index is -0.301. The highest BCUT2D eigenvalue weighted by Crippen LogP contribution is 2.14. The van der Waals surface area contributed by atoms with E-state index in [0.29, 0.717) is 12.2 Å². The number of nitrogens with zero attached hydrogens (tertiary/aromatic N) is 1. The summed E-state index contributed by atoms with van der Waals surface area (Å²) in [7, 11) is 1.54. The molecule has 20 heavy (non-hydrogen) atoms. The molecule has 1 aromatic carbocycles. The van der Waals surface area contributed by atoms with Gasteiger partial charge in [0.15, 0.2) is 0 Å². The molecule has 0 aromatic heterocycles. The lowest BCUT2D eigenvalue weighted by atomic mass is 10.1. The van der Waals surface area contributed by atoms with Gasteiger partial charge in [0.05, 0.1) is 0 Å². The Morgan fingerprint density at radius 3 is 2.35 bits per heavy atom. The van der Waals surface area contributed by atoms with Crippen LogP contribution >= 0.6 is 0 Å². The van der Waals surface area contributed by atoms with Crippen LogP contribution in [-0.2, 0) is 4.79 Å². The number of anilines is 1. The zero-order chi connectivity index (χ0) is 15.1. The maximum atomic E-state index is 12.0. The number of likely N-dealkylation sites (N-methyl/N-ethyl adjacent to an activating group) is 2. The maximum Gasteiger partial charge on any atom is 0.322 e. The predicted molar refractivity (Wildman–Crippen MR) is 79.4 cm³/mol. The predicted octanol–water partition coefficient (Wildman–Crippen LogP) is 1.31. The van der Waals surface area contributed by atoms with E-state index in [2.05, 4.69) is 10.6 Å². The van der Waals surface area contributed by atoms with Crippen molar-refractivity contribution in [3.63, 3.8) is 0 Å². The summed E-state index contributed by atoms with van der Waals surface area (Å²) in [5, 5.41) is 5.25. The fourth-order valence-electron chi connectivity index (χ4n) is 1.65. The van der Waals surface area contributed by atoms with E-state index in [1.807, 2.05) is 26.0 Å². The van der Waals surface area contributed by atoms with Gasteiger partial charge in [-0.1, -0.05) is 12.1 Å². The van der Waals surface area contributed by atoms with Gasteiger partial charge < -0.3 is 21.3 Å². The molecule has 0 heterocycles. The lowest BCUT2D eigenvalue weighted by Crippen LogP contribution is -2.41. The van der Waals surface area contributed by atoms with E-state index in [1.165, 1.54) is 4.90 Å². The van der Waals surface area contributed by atoms with Crippen LogP contribution in [0, 0.1) is 0 Å². The van der Waals surface area contributed by atoms with Crippen LogP contribution in [0.5, 0.6) is 0 Å². The van der Waals surface area contributed by atoms with Crippen LogP contribution < -0.4 is 16.4 Å². The number of nitrogens with one attached hydrogen (secondary N) is 2. The number of hydrogen-bond donors (Lipinski definition) is 3. The molecule has 1 rings (SSSR count). The molecule has 6 nitrogen and oxygen atoms in total. The van der Waals surface area contributed by atoms with Gasteiger partial charge >= 0.3 is 6.03 Å². The van der Waals surface area contributed by atoms with Crippen LogP contribution in [0.1, 0.15) is 25.5 Å². The van der Waals surface area contributed by atoms with E-state index >= 15 is 0 Å². The lowest BCUT2D eigenvalue weighted by molar-refractivity contribution is -0.121. The Kier molecular flexibility index (Phi) is 5.99. The number of carbonyl (C=O) groups excluding carboxylic acids is 2. The van der Waals surface area contributed by atoms with Crippen molar-refractivity contribution in [2.24, 2.45) is 5.73 Å². The molecule has 0 radical (unpaired) electrons. The van der Waals surface area contributed by atoms with E-state index in [1.54, 1.807) is 19.2 Å². The molecule has 3 amide bonds. The second-order valence-corrected chi connectivity index (χ2v) is 4.53. The van der Waals surface area contributed by atoms with Gasteiger partial charge in [0.1, 0.15) is 6.54 Å². The first-order valence-corrected chi connectivity index (χ1v) is 6.60. The fourth-order valence-corrected chi connectivity index (χ4v) is 1.65. The summed E-state index contributed by atoms with van der Waals surface area (Å²) in [6, 6.07) is 6.99. The van der Waals surface area contributed by atoms with Gasteiger partial charge in [0.2, 0.25) is 5.91 Å². The van der Waals surface area contributed by atoms with E-state index in [4.69, 9.17) is 5.73 Å². The molecule has 0 fully saturated rings. The largest absolute Gasteiger partial charge is 0.358 e. The van der Waals surface area contributed by atoms with Crippen LogP contribution in [0.2, 0.25) is 0 Å². The summed E-state index contributed by atoms with van der Waals surface area (Å²) in [4.78, 5) is 24.8. The Morgan fingerprint density at radius 1 is 1.30 bits per heavy atom. The number of nitrogens with two attached hydrogens (primary N) is 1. The first-order valence-electron chi connectivity index (χ1n) is 6.60. The molecule has 1 aromatic rings. The van der Waals surface area contributed by atoms with Gasteiger partial charge in [0, 0.05) is 25.3 Å². The van der Waals surface area contributed by atoms with E-state index in [0.717, 1.165) is 5.56 Å². The minimum Gasteiger partial charge on any atom is -0.358 e. The molecule has 0 aliphatic heterocycles. The van der Waals surface area contributed by atoms with Gasteiger partial charge in [-0.25, -0.2) is 4.79 Å². The van der Waals surface area contributed by atoms with Gasteiger partial charge in [-0.2, -0.15) is 0 Å². The molecule has 0 bridgehead atoms. The number of carbonyl (C=O) groups is 2. The Morgan fingerprint density at radius 2 is 1.90 bits per heavy atom. The van der Waals surface area contributed by atoms with Crippen LogP contribution in [0.3, 0.4) is 0 Å². The number of urea groups is 1. The normalized spacial score (nSPS) is 11.6. The second-order valence-electron chi connectivity index (χ2n) is 4.53. The fraction of sp³-hybridized carbons (Fsp3) is 0.429. The van der Waals surface area contributed by atoms with Crippen molar-refractivity contribution in [2.45, 2.75) is 19.9 Å². The highest BCUT2D eigenvalue weighted by Gasteiger charge is 2.14. The van der Waals surface area contributed by atoms with E-state index in [-0.39, 0.29) is 24.5 Å². The molecular formula is C14H22N4O2. The molecule has 4 N–H and O–H groups in total. The number of benzene rings is 1. The first-order chi connectivity index (χ1) is 9.47. The Labute approximate surface area is 119 Å². The minimum absolute atomic E-state index is 0.0384. The Hall–Kier alpha value is -2.08. The SMILES string of the molecule is CCN(CC(=O)NC)C(=O)Nc1ccc(C(C)N)cc1. The first kappa shape index (κ1) is 16.0. The number of amides is 3. The molecule has 0 spiro atoms. The summed E-state index contributed by atoms with van der Waals surface area (Å²) in [6.45, 7) is 4.21. The molecule has 0 aliphatic carbocycles. The Balaban J connectivity index is 2.66. The summed E-state index contributed by atoms with van der Waals surface area (Å²) in [5.41, 5.74) is 7.44. The topological polar surface area (TPSA) is 87.5 Å². The molecule has 6 heteroatoms. The van der Waals surface area contributed by atoms with Crippen molar-refractivity contribution in [3.8, 4) is 0 Å². The van der Waals surface area contributed by atoms with Crippen LogP contribution in [0.25, 0.3) is 0 Å². The van der Waals surface area contributed by atoms with Crippen molar-refractivity contribution >= 4 is 17.6 Å². The summed E-state index contributed by atoms with van der Waals surface area (Å²) in [5.74, 6) is -0.200. The van der Waals surface area contributed by atoms with E-state index in [9.17, 15) is 9.59 Å². The lowest BCUT2D eigenvalue weighted by Gasteiger charge is -2.20. The van der Waals surface area contributed by atoms with Gasteiger partial charge in [-0.3, -0.25) is 4.79 Å². The smallest absolute Gasteiger partial charge is 0.322 e. The van der Waals surface area contributed by atoms with Crippen molar-refractivity contribution in [1.29, 1.82) is 0 Å². The van der Waals surface area contributed by atoms with Crippen molar-refractivity contribution in [1.82, 2.24) is 10.2 Å². The third-order valence-electron chi connectivity index (χ3n) is 2.97. The highest BCUT2D eigenvalue weighted by atomic mass is 16.2. The molecule has 110 valence electrons. The zero-order valence-corrected chi connectivity index (χ0v) is 12.1. The standard InChI is InChI=1S/C14H22N4O2/c1-4-18(9-13(19)16-3)14(20)17-12-7-5-11(6-8-12)10(2)15/h5-8,10H,4,9,15H2,1-3H3,(H,16,19)(H,17,20). The molecular weight excluding hydrogens is 256 g/mol. The molecule has 0 saturated carbocycles. The monoisotopic (exact) mass is 278 g/mol. The number of rotatable bonds is 5. The van der Waals surface area contributed by atoms with Gasteiger partial charge in [0.25, 0.3) is 0 Å². The highest BCUT2D eigenvalue weighted by molar-refractivity contribution is 5.92. The quantitative estimate of drug-likeness (QED) is 0.758. The average molecular weight is 278 g/mol. The average Bonchev–Trinajstić information content (AvgIpc) is 2.44. The summed E-state index contributed by atoms with van der Waals surface area (Å²) >= 11 is 0. The third-order valence-corrected chi connectivity index (χ3v) is 2.97. The molecule has 0 saturated heterocycles. The second kappa shape index (κ2) is 7.49. The molecule has 0 aliphatic rings. The third kappa shape index (κ3) is 4.55. The van der Waals surface area contributed by atoms with Crippen LogP contribution in [0.15, 0.2) is 24.3 Å². The summed E-state index contributed by atoms with van der Waals surface area (Å²) < 4.78 is 0. The molecule has 1 atom stereocenters. The van der Waals surface area contributed by atoms with Crippen LogP contribution in [0.4, 0.5) is 10.5 Å². The zero-order valence-electron chi connectivity index (χ0n) is 12.1. The van der Waals surface area contributed by atoms with E-state index < -0.39 is 0 Å². The maximum absolute atomic E-state index is 12.0. The van der Waals surface area contributed by atoms with Crippen molar-refractivity contribution < 1.29 is 9.59 Å². The van der Waals surface area contributed by atoms with Crippen LogP contribution in [-0.4, -0.2) is 37.0 Å². The van der Waals surface area contributed by atoms with Gasteiger partial charge in [-0.15, -0.1) is 0 Å². The Bertz CT molecular complexity index is 457. The molecule has 1 unspecified atom stereocenters. The van der Waals surface area contributed by atoms with Gasteiger partial charge in [-0.05, 0) is 31.5 Å². The van der Waals surface area contributed by atoms with Crippen molar-refractivity contribution in [2.75, 3.05) is 25.5 Å². The number of hydrogen-bond acceptors (Lipinski definition) is 3. The van der Waals surface area contributed by atoms with Crippen molar-refractivity contribution in [3.05, 3.63) is 29.8 Å².